The number of rotatable bonds is 4. The first-order chi connectivity index (χ1) is 8.16. The van der Waals surface area contributed by atoms with Crippen molar-refractivity contribution in [2.75, 3.05) is 27.2 Å². The summed E-state index contributed by atoms with van der Waals surface area (Å²) in [6, 6.07) is 1.73. The maximum Gasteiger partial charge on any atom is 0.267 e. The van der Waals surface area contributed by atoms with E-state index < -0.39 is 0 Å². The van der Waals surface area contributed by atoms with Gasteiger partial charge in [-0.05, 0) is 32.6 Å². The fraction of sp³-hybridized carbons (Fsp3) is 0.667. The molecule has 1 aromatic heterocycles. The minimum atomic E-state index is 0.0196. The molecular formula is C12H20N4O. The smallest absolute Gasteiger partial charge is 0.267 e. The minimum Gasteiger partial charge on any atom is -0.312 e. The van der Waals surface area contributed by atoms with E-state index in [1.54, 1.807) is 10.7 Å². The molecule has 5 heteroatoms. The van der Waals surface area contributed by atoms with E-state index in [2.05, 4.69) is 15.3 Å². The fourth-order valence-electron chi connectivity index (χ4n) is 2.06. The van der Waals surface area contributed by atoms with Gasteiger partial charge in [0.05, 0.1) is 5.69 Å². The molecule has 0 saturated carbocycles. The van der Waals surface area contributed by atoms with Crippen LogP contribution in [0.4, 0.5) is 0 Å². The molecule has 5 nitrogen and oxygen atoms in total. The van der Waals surface area contributed by atoms with Gasteiger partial charge in [-0.15, -0.1) is 0 Å². The van der Waals surface area contributed by atoms with Gasteiger partial charge in [0.1, 0.15) is 0 Å². The van der Waals surface area contributed by atoms with E-state index in [-0.39, 0.29) is 5.56 Å². The Hall–Kier alpha value is -1.20. The van der Waals surface area contributed by atoms with Crippen LogP contribution >= 0.6 is 0 Å². The number of aryl methyl sites for hydroxylation is 1. The first kappa shape index (κ1) is 12.3. The van der Waals surface area contributed by atoms with Crippen molar-refractivity contribution in [2.45, 2.75) is 25.9 Å². The maximum absolute atomic E-state index is 11.8. The molecule has 0 amide bonds. The van der Waals surface area contributed by atoms with E-state index in [1.165, 1.54) is 0 Å². The molecule has 0 saturated heterocycles. The van der Waals surface area contributed by atoms with Crippen LogP contribution in [0.3, 0.4) is 0 Å². The average Bonchev–Trinajstić information content (AvgIpc) is 2.29. The summed E-state index contributed by atoms with van der Waals surface area (Å²) < 4.78 is 1.60. The zero-order chi connectivity index (χ0) is 12.3. The summed E-state index contributed by atoms with van der Waals surface area (Å²) in [6.45, 7) is 3.41. The molecule has 0 radical (unpaired) electrons. The molecule has 0 fully saturated rings. The summed E-state index contributed by atoms with van der Waals surface area (Å²) in [7, 11) is 4.07. The number of aromatic nitrogens is 2. The lowest BCUT2D eigenvalue weighted by atomic mass is 10.1. The Kier molecular flexibility index (Phi) is 3.91. The molecule has 2 heterocycles. The third-order valence-electron chi connectivity index (χ3n) is 2.99. The van der Waals surface area contributed by atoms with Crippen LogP contribution in [0.5, 0.6) is 0 Å². The summed E-state index contributed by atoms with van der Waals surface area (Å²) in [4.78, 5) is 13.9. The molecule has 1 aliphatic heterocycles. The highest BCUT2D eigenvalue weighted by Gasteiger charge is 2.12. The third-order valence-corrected chi connectivity index (χ3v) is 2.99. The van der Waals surface area contributed by atoms with Gasteiger partial charge < -0.3 is 10.2 Å². The second-order valence-electron chi connectivity index (χ2n) is 4.76. The highest BCUT2D eigenvalue weighted by atomic mass is 16.1. The van der Waals surface area contributed by atoms with Gasteiger partial charge in [-0.3, -0.25) is 4.79 Å². The Morgan fingerprint density at radius 2 is 2.35 bits per heavy atom. The standard InChI is InChI=1S/C12H20N4O/c1-15(2)6-3-7-16-12(17)8-10-9-13-5-4-11(10)14-16/h8,13H,3-7,9H2,1-2H3. The van der Waals surface area contributed by atoms with Crippen LogP contribution in [-0.4, -0.2) is 41.9 Å². The molecule has 1 aromatic rings. The van der Waals surface area contributed by atoms with Crippen LogP contribution in [-0.2, 0) is 19.5 Å². The molecule has 17 heavy (non-hydrogen) atoms. The normalized spacial score (nSPS) is 15.0. The topological polar surface area (TPSA) is 50.2 Å². The summed E-state index contributed by atoms with van der Waals surface area (Å²) >= 11 is 0. The molecule has 0 aliphatic carbocycles. The number of hydrogen-bond donors (Lipinski definition) is 1. The van der Waals surface area contributed by atoms with E-state index in [0.29, 0.717) is 6.54 Å². The lowest BCUT2D eigenvalue weighted by Gasteiger charge is -2.17. The zero-order valence-corrected chi connectivity index (χ0v) is 10.6. The van der Waals surface area contributed by atoms with E-state index in [0.717, 1.165) is 43.7 Å². The second-order valence-corrected chi connectivity index (χ2v) is 4.76. The predicted molar refractivity (Wildman–Crippen MR) is 67.1 cm³/mol. The predicted octanol–water partition coefficient (Wildman–Crippen LogP) is -0.159. The molecule has 0 atom stereocenters. The molecule has 94 valence electrons. The van der Waals surface area contributed by atoms with Gasteiger partial charge >= 0.3 is 0 Å². The summed E-state index contributed by atoms with van der Waals surface area (Å²) in [5.74, 6) is 0. The van der Waals surface area contributed by atoms with Crippen molar-refractivity contribution in [3.8, 4) is 0 Å². The Balaban J connectivity index is 2.09. The number of fused-ring (bicyclic) bond motifs is 1. The van der Waals surface area contributed by atoms with Gasteiger partial charge in [0, 0.05) is 32.1 Å². The molecular weight excluding hydrogens is 216 g/mol. The molecule has 1 N–H and O–H groups in total. The molecule has 0 unspecified atom stereocenters. The van der Waals surface area contributed by atoms with Crippen molar-refractivity contribution in [3.05, 3.63) is 27.7 Å². The van der Waals surface area contributed by atoms with Crippen LogP contribution in [0.1, 0.15) is 17.7 Å². The van der Waals surface area contributed by atoms with E-state index >= 15 is 0 Å². The second kappa shape index (κ2) is 5.42. The summed E-state index contributed by atoms with van der Waals surface area (Å²) in [6.07, 6.45) is 1.88. The number of hydrogen-bond acceptors (Lipinski definition) is 4. The van der Waals surface area contributed by atoms with E-state index in [1.807, 2.05) is 14.1 Å². The third kappa shape index (κ3) is 3.14. The zero-order valence-electron chi connectivity index (χ0n) is 10.6. The van der Waals surface area contributed by atoms with Crippen LogP contribution in [0.2, 0.25) is 0 Å². The minimum absolute atomic E-state index is 0.0196. The lowest BCUT2D eigenvalue weighted by Crippen LogP contribution is -2.32. The van der Waals surface area contributed by atoms with Crippen molar-refractivity contribution in [1.29, 1.82) is 0 Å². The van der Waals surface area contributed by atoms with Crippen molar-refractivity contribution in [1.82, 2.24) is 20.0 Å². The van der Waals surface area contributed by atoms with Gasteiger partial charge in [0.15, 0.2) is 0 Å². The van der Waals surface area contributed by atoms with Crippen molar-refractivity contribution < 1.29 is 0 Å². The van der Waals surface area contributed by atoms with Gasteiger partial charge in [0.2, 0.25) is 0 Å². The first-order valence-electron chi connectivity index (χ1n) is 6.12. The fourth-order valence-corrected chi connectivity index (χ4v) is 2.06. The molecule has 0 bridgehead atoms. The van der Waals surface area contributed by atoms with Gasteiger partial charge in [-0.25, -0.2) is 4.68 Å². The van der Waals surface area contributed by atoms with Crippen LogP contribution in [0.15, 0.2) is 10.9 Å². The van der Waals surface area contributed by atoms with Crippen LogP contribution in [0.25, 0.3) is 0 Å². The largest absolute Gasteiger partial charge is 0.312 e. The van der Waals surface area contributed by atoms with Crippen molar-refractivity contribution in [3.63, 3.8) is 0 Å². The van der Waals surface area contributed by atoms with E-state index in [9.17, 15) is 4.79 Å². The summed E-state index contributed by atoms with van der Waals surface area (Å²) in [5, 5.41) is 7.71. The van der Waals surface area contributed by atoms with Gasteiger partial charge in [-0.1, -0.05) is 0 Å². The Bertz CT molecular complexity index is 439. The highest BCUT2D eigenvalue weighted by molar-refractivity contribution is 5.20. The molecule has 0 aromatic carbocycles. The first-order valence-corrected chi connectivity index (χ1v) is 6.12. The number of nitrogens with one attached hydrogen (secondary N) is 1. The SMILES string of the molecule is CN(C)CCCn1nc2c(cc1=O)CNCC2. The Labute approximate surface area is 101 Å². The van der Waals surface area contributed by atoms with Crippen LogP contribution < -0.4 is 10.9 Å². The Morgan fingerprint density at radius 1 is 1.53 bits per heavy atom. The summed E-state index contributed by atoms with van der Waals surface area (Å²) in [5.41, 5.74) is 2.16. The highest BCUT2D eigenvalue weighted by Crippen LogP contribution is 2.07. The maximum atomic E-state index is 11.8. The van der Waals surface area contributed by atoms with Crippen molar-refractivity contribution in [2.24, 2.45) is 0 Å². The van der Waals surface area contributed by atoms with Gasteiger partial charge in [0.25, 0.3) is 5.56 Å². The van der Waals surface area contributed by atoms with Crippen molar-refractivity contribution >= 4 is 0 Å². The molecule has 1 aliphatic rings. The monoisotopic (exact) mass is 236 g/mol. The van der Waals surface area contributed by atoms with E-state index in [4.69, 9.17) is 0 Å². The van der Waals surface area contributed by atoms with Gasteiger partial charge in [-0.2, -0.15) is 5.10 Å². The average molecular weight is 236 g/mol. The molecule has 2 rings (SSSR count). The molecule has 0 spiro atoms. The lowest BCUT2D eigenvalue weighted by molar-refractivity contribution is 0.375. The Morgan fingerprint density at radius 3 is 3.12 bits per heavy atom. The van der Waals surface area contributed by atoms with Crippen LogP contribution in [0, 0.1) is 0 Å². The quantitative estimate of drug-likeness (QED) is 0.789. The number of nitrogens with zero attached hydrogens (tertiary/aromatic N) is 3.